The maximum Gasteiger partial charge on any atom is 0.265 e. The molecule has 0 saturated carbocycles. The number of hydrogen-bond acceptors (Lipinski definition) is 8. The minimum Gasteiger partial charge on any atom is -0.453 e. The van der Waals surface area contributed by atoms with Gasteiger partial charge in [-0.15, -0.1) is 0 Å². The normalized spacial score (nSPS) is 23.4. The Labute approximate surface area is 216 Å². The van der Waals surface area contributed by atoms with Crippen molar-refractivity contribution in [3.8, 4) is 11.5 Å². The molecule has 0 spiro atoms. The lowest BCUT2D eigenvalue weighted by molar-refractivity contribution is 0.387. The van der Waals surface area contributed by atoms with Crippen LogP contribution < -0.4 is 20.4 Å². The molecule has 0 saturated heterocycles. The van der Waals surface area contributed by atoms with E-state index in [9.17, 15) is 25.9 Å². The molecular formula is C25H31N3O7S2. The number of hydrogen-bond donors (Lipinski definition) is 2. The summed E-state index contributed by atoms with van der Waals surface area (Å²) in [6.45, 7) is 7.87. The third kappa shape index (κ3) is 5.12. The zero-order valence-electron chi connectivity index (χ0n) is 21.4. The van der Waals surface area contributed by atoms with E-state index < -0.39 is 49.1 Å². The summed E-state index contributed by atoms with van der Waals surface area (Å²) in [7, 11) is -6.48. The predicted octanol–water partition coefficient (Wildman–Crippen LogP) is 3.11. The molecule has 5 rings (SSSR count). The average molecular weight is 550 g/mol. The number of ether oxygens (including phenoxy) is 1. The van der Waals surface area contributed by atoms with Gasteiger partial charge >= 0.3 is 0 Å². The van der Waals surface area contributed by atoms with E-state index in [1.165, 1.54) is 0 Å². The van der Waals surface area contributed by atoms with Crippen molar-refractivity contribution in [2.75, 3.05) is 23.5 Å². The first-order valence-electron chi connectivity index (χ1n) is 12.0. The van der Waals surface area contributed by atoms with Gasteiger partial charge in [0.05, 0.1) is 22.4 Å². The van der Waals surface area contributed by atoms with Crippen LogP contribution in [0.25, 0.3) is 0 Å². The molecule has 0 aromatic heterocycles. The van der Waals surface area contributed by atoms with Gasteiger partial charge in [-0.25, -0.2) is 4.99 Å². The molecular weight excluding hydrogens is 518 g/mol. The van der Waals surface area contributed by atoms with Crippen molar-refractivity contribution in [3.63, 3.8) is 0 Å². The highest BCUT2D eigenvalue weighted by atomic mass is 32.2. The zero-order chi connectivity index (χ0) is 27.1. The standard InChI is InChI=1S/C25H31N3O7S2/c1-24(2)10-14(12-36(29,30)31)16-6-19-22(8-18(16)27-24)35-23-9-21-17(7-20(23)26-19)15(13-37(32,33)34)11-25(3,4)28(21)5/h6-9,14-15H,10-13H2,1-5H3,(H,29,30,31)(H,32,33,34). The van der Waals surface area contributed by atoms with Crippen LogP contribution in [0.2, 0.25) is 0 Å². The molecule has 0 amide bonds. The van der Waals surface area contributed by atoms with Crippen LogP contribution in [0.5, 0.6) is 11.5 Å². The number of fused-ring (bicyclic) bond motifs is 4. The van der Waals surface area contributed by atoms with Crippen molar-refractivity contribution in [2.45, 2.75) is 63.5 Å². The lowest BCUT2D eigenvalue weighted by atomic mass is 9.80. The van der Waals surface area contributed by atoms with Gasteiger partial charge in [0.2, 0.25) is 0 Å². The molecule has 0 aliphatic carbocycles. The Balaban J connectivity index is 1.67. The lowest BCUT2D eigenvalue weighted by Gasteiger charge is -2.46. The molecule has 0 bridgehead atoms. The first-order chi connectivity index (χ1) is 16.9. The fourth-order valence-electron chi connectivity index (χ4n) is 5.84. The fraction of sp³-hybridized carbons (Fsp3) is 0.520. The highest BCUT2D eigenvalue weighted by Gasteiger charge is 2.39. The summed E-state index contributed by atoms with van der Waals surface area (Å²) < 4.78 is 72.4. The van der Waals surface area contributed by atoms with Crippen LogP contribution in [0.4, 0.5) is 11.4 Å². The van der Waals surface area contributed by atoms with Crippen LogP contribution in [0.1, 0.15) is 63.5 Å². The molecule has 2 unspecified atom stereocenters. The second-order valence-electron chi connectivity index (χ2n) is 11.6. The van der Waals surface area contributed by atoms with Gasteiger partial charge in [-0.2, -0.15) is 16.8 Å². The average Bonchev–Trinajstić information content (AvgIpc) is 2.71. The summed E-state index contributed by atoms with van der Waals surface area (Å²) in [6, 6.07) is 7.16. The van der Waals surface area contributed by atoms with Crippen LogP contribution in [0.3, 0.4) is 0 Å². The summed E-state index contributed by atoms with van der Waals surface area (Å²) in [5.41, 5.74) is 1.88. The van der Waals surface area contributed by atoms with Crippen molar-refractivity contribution in [3.05, 3.63) is 46.1 Å². The van der Waals surface area contributed by atoms with E-state index in [1.54, 1.807) is 18.2 Å². The first-order valence-corrected chi connectivity index (χ1v) is 15.3. The van der Waals surface area contributed by atoms with E-state index in [-0.39, 0.29) is 5.54 Å². The van der Waals surface area contributed by atoms with E-state index in [4.69, 9.17) is 14.7 Å². The Bertz CT molecular complexity index is 1650. The molecule has 3 aliphatic heterocycles. The summed E-state index contributed by atoms with van der Waals surface area (Å²) in [5, 5.41) is 1.10. The van der Waals surface area contributed by atoms with Crippen molar-refractivity contribution < 1.29 is 30.7 Å². The highest BCUT2D eigenvalue weighted by Crippen LogP contribution is 2.48. The Morgan fingerprint density at radius 1 is 0.892 bits per heavy atom. The van der Waals surface area contributed by atoms with E-state index in [0.717, 1.165) is 11.3 Å². The first kappa shape index (κ1) is 26.1. The fourth-order valence-corrected chi connectivity index (χ4v) is 7.45. The quantitative estimate of drug-likeness (QED) is 0.472. The Morgan fingerprint density at radius 2 is 1.51 bits per heavy atom. The molecule has 2 aromatic rings. The topological polar surface area (TPSA) is 146 Å². The second-order valence-corrected chi connectivity index (χ2v) is 14.6. The van der Waals surface area contributed by atoms with Gasteiger partial charge < -0.3 is 9.64 Å². The van der Waals surface area contributed by atoms with Crippen molar-refractivity contribution in [1.29, 1.82) is 0 Å². The molecule has 2 aromatic carbocycles. The molecule has 12 heteroatoms. The van der Waals surface area contributed by atoms with Crippen molar-refractivity contribution in [1.82, 2.24) is 0 Å². The third-order valence-electron chi connectivity index (χ3n) is 7.56. The molecule has 2 atom stereocenters. The SMILES string of the molecule is CN1c2cc3c(cc2C(CS(=O)(=O)O)CC1(C)C)N=c1cc2c(cc1O3)=NC(C)(C)CC2CS(=O)(=O)O. The summed E-state index contributed by atoms with van der Waals surface area (Å²) in [5.74, 6) is -0.714. The molecule has 3 heterocycles. The van der Waals surface area contributed by atoms with Crippen LogP contribution in [0.15, 0.2) is 34.3 Å². The van der Waals surface area contributed by atoms with E-state index in [0.29, 0.717) is 46.3 Å². The molecule has 2 N–H and O–H groups in total. The van der Waals surface area contributed by atoms with E-state index in [2.05, 4.69) is 4.90 Å². The van der Waals surface area contributed by atoms with Gasteiger partial charge in [-0.3, -0.25) is 14.1 Å². The summed E-state index contributed by atoms with van der Waals surface area (Å²) in [6.07, 6.45) is 0.970. The predicted molar refractivity (Wildman–Crippen MR) is 139 cm³/mol. The zero-order valence-corrected chi connectivity index (χ0v) is 23.0. The Hall–Kier alpha value is -2.54. The van der Waals surface area contributed by atoms with Crippen LogP contribution >= 0.6 is 0 Å². The van der Waals surface area contributed by atoms with E-state index >= 15 is 0 Å². The smallest absolute Gasteiger partial charge is 0.265 e. The molecule has 0 radical (unpaired) electrons. The van der Waals surface area contributed by atoms with Gasteiger partial charge in [0.15, 0.2) is 11.5 Å². The highest BCUT2D eigenvalue weighted by molar-refractivity contribution is 7.86. The lowest BCUT2D eigenvalue weighted by Crippen LogP contribution is -2.47. The van der Waals surface area contributed by atoms with Gasteiger partial charge in [0, 0.05) is 42.2 Å². The monoisotopic (exact) mass is 549 g/mol. The maximum atomic E-state index is 11.8. The molecule has 10 nitrogen and oxygen atoms in total. The van der Waals surface area contributed by atoms with Gasteiger partial charge in [-0.1, -0.05) is 0 Å². The molecule has 3 aliphatic rings. The Kier molecular flexibility index (Phi) is 5.80. The number of rotatable bonds is 4. The molecule has 200 valence electrons. The maximum absolute atomic E-state index is 11.8. The number of benzene rings is 2. The Morgan fingerprint density at radius 3 is 2.14 bits per heavy atom. The molecule has 37 heavy (non-hydrogen) atoms. The minimum absolute atomic E-state index is 0.355. The number of nitrogens with zero attached hydrogens (tertiary/aromatic N) is 3. The van der Waals surface area contributed by atoms with Gasteiger partial charge in [0.1, 0.15) is 11.0 Å². The third-order valence-corrected chi connectivity index (χ3v) is 9.21. The van der Waals surface area contributed by atoms with Gasteiger partial charge in [-0.05, 0) is 63.8 Å². The second kappa shape index (κ2) is 8.23. The largest absolute Gasteiger partial charge is 0.453 e. The van der Waals surface area contributed by atoms with Gasteiger partial charge in [0.25, 0.3) is 20.2 Å². The van der Waals surface area contributed by atoms with Crippen LogP contribution in [-0.2, 0) is 20.2 Å². The van der Waals surface area contributed by atoms with Crippen LogP contribution in [-0.4, -0.2) is 55.6 Å². The molecule has 0 fully saturated rings. The summed E-state index contributed by atoms with van der Waals surface area (Å²) in [4.78, 5) is 11.6. The van der Waals surface area contributed by atoms with E-state index in [1.807, 2.05) is 40.8 Å². The number of anilines is 1. The van der Waals surface area contributed by atoms with Crippen molar-refractivity contribution >= 4 is 31.6 Å². The minimum atomic E-state index is -4.21. The van der Waals surface area contributed by atoms with Crippen LogP contribution in [0, 0.1) is 0 Å². The summed E-state index contributed by atoms with van der Waals surface area (Å²) >= 11 is 0. The van der Waals surface area contributed by atoms with Crippen molar-refractivity contribution in [2.24, 2.45) is 9.98 Å².